The van der Waals surface area contributed by atoms with E-state index in [-0.39, 0.29) is 11.4 Å². The Morgan fingerprint density at radius 1 is 1.25 bits per heavy atom. The lowest BCUT2D eigenvalue weighted by Gasteiger charge is -2.09. The maximum absolute atomic E-state index is 13.6. The van der Waals surface area contributed by atoms with Crippen LogP contribution in [0.4, 0.5) is 14.5 Å². The third kappa shape index (κ3) is 1.54. The molecule has 0 spiro atoms. The number of halogens is 2. The van der Waals surface area contributed by atoms with Gasteiger partial charge in [0.2, 0.25) is 0 Å². The summed E-state index contributed by atoms with van der Waals surface area (Å²) in [5, 5.41) is 4.07. The maximum Gasteiger partial charge on any atom is 0.186 e. The molecule has 16 heavy (non-hydrogen) atoms. The van der Waals surface area contributed by atoms with Crippen molar-refractivity contribution in [2.45, 2.75) is 13.8 Å². The average Bonchev–Trinajstić information content (AvgIpc) is 2.53. The van der Waals surface area contributed by atoms with Gasteiger partial charge in [0.05, 0.1) is 11.4 Å². The molecular formula is C11H11F2N3. The lowest BCUT2D eigenvalue weighted by molar-refractivity contribution is 0.501. The van der Waals surface area contributed by atoms with Gasteiger partial charge in [-0.25, -0.2) is 13.5 Å². The number of aromatic nitrogens is 2. The molecule has 0 bridgehead atoms. The van der Waals surface area contributed by atoms with E-state index < -0.39 is 11.6 Å². The first kappa shape index (κ1) is 10.6. The number of aryl methyl sites for hydroxylation is 2. The minimum atomic E-state index is -0.980. The summed E-state index contributed by atoms with van der Waals surface area (Å²) >= 11 is 0. The van der Waals surface area contributed by atoms with Crippen molar-refractivity contribution in [2.75, 3.05) is 5.73 Å². The number of nitrogen functional groups attached to an aromatic ring is 1. The van der Waals surface area contributed by atoms with E-state index in [1.165, 1.54) is 10.7 Å². The fourth-order valence-corrected chi connectivity index (χ4v) is 1.63. The molecule has 0 aliphatic heterocycles. The zero-order valence-electron chi connectivity index (χ0n) is 8.96. The van der Waals surface area contributed by atoms with Gasteiger partial charge in [-0.2, -0.15) is 5.10 Å². The van der Waals surface area contributed by atoms with E-state index in [9.17, 15) is 8.78 Å². The first-order chi connectivity index (χ1) is 7.50. The van der Waals surface area contributed by atoms with Crippen molar-refractivity contribution in [3.05, 3.63) is 41.2 Å². The van der Waals surface area contributed by atoms with Crippen molar-refractivity contribution in [3.8, 4) is 5.69 Å². The van der Waals surface area contributed by atoms with Gasteiger partial charge in [-0.3, -0.25) is 0 Å². The lowest BCUT2D eigenvalue weighted by Crippen LogP contribution is -2.07. The van der Waals surface area contributed by atoms with E-state index in [0.29, 0.717) is 5.69 Å². The molecule has 84 valence electrons. The highest BCUT2D eigenvalue weighted by Gasteiger charge is 2.16. The molecular weight excluding hydrogens is 212 g/mol. The molecule has 1 heterocycles. The summed E-state index contributed by atoms with van der Waals surface area (Å²) in [6, 6.07) is 4.09. The summed E-state index contributed by atoms with van der Waals surface area (Å²) in [5.41, 5.74) is 7.18. The highest BCUT2D eigenvalue weighted by Crippen LogP contribution is 2.24. The molecule has 2 aromatic rings. The summed E-state index contributed by atoms with van der Waals surface area (Å²) < 4.78 is 28.0. The lowest BCUT2D eigenvalue weighted by atomic mass is 10.2. The van der Waals surface area contributed by atoms with Crippen molar-refractivity contribution in [1.82, 2.24) is 9.78 Å². The normalized spacial score (nSPS) is 10.8. The van der Waals surface area contributed by atoms with Crippen LogP contribution in [0.2, 0.25) is 0 Å². The molecule has 1 aromatic carbocycles. The summed E-state index contributed by atoms with van der Waals surface area (Å²) in [6.45, 7) is 3.53. The van der Waals surface area contributed by atoms with E-state index >= 15 is 0 Å². The van der Waals surface area contributed by atoms with Crippen molar-refractivity contribution in [2.24, 2.45) is 0 Å². The molecule has 0 saturated carbocycles. The van der Waals surface area contributed by atoms with Crippen LogP contribution in [0, 0.1) is 25.5 Å². The zero-order chi connectivity index (χ0) is 11.9. The first-order valence-corrected chi connectivity index (χ1v) is 4.78. The van der Waals surface area contributed by atoms with Crippen LogP contribution in [-0.4, -0.2) is 9.78 Å². The van der Waals surface area contributed by atoms with E-state index in [4.69, 9.17) is 5.73 Å². The summed E-state index contributed by atoms with van der Waals surface area (Å²) in [4.78, 5) is 0. The van der Waals surface area contributed by atoms with Crippen LogP contribution in [0.5, 0.6) is 0 Å². The maximum atomic E-state index is 13.6. The molecule has 5 heteroatoms. The number of anilines is 1. The smallest absolute Gasteiger partial charge is 0.186 e. The van der Waals surface area contributed by atoms with Crippen LogP contribution in [-0.2, 0) is 0 Å². The van der Waals surface area contributed by atoms with Gasteiger partial charge >= 0.3 is 0 Å². The Balaban J connectivity index is 2.73. The highest BCUT2D eigenvalue weighted by molar-refractivity contribution is 5.58. The van der Waals surface area contributed by atoms with Crippen LogP contribution in [0.15, 0.2) is 18.2 Å². The largest absolute Gasteiger partial charge is 0.397 e. The molecule has 0 radical (unpaired) electrons. The van der Waals surface area contributed by atoms with Crippen molar-refractivity contribution in [1.29, 1.82) is 0 Å². The summed E-state index contributed by atoms with van der Waals surface area (Å²) in [7, 11) is 0. The Bertz CT molecular complexity index is 546. The SMILES string of the molecule is Cc1cc(C)n(-c2c(N)ccc(F)c2F)n1. The van der Waals surface area contributed by atoms with Crippen molar-refractivity contribution >= 4 is 5.69 Å². The van der Waals surface area contributed by atoms with E-state index in [1.54, 1.807) is 19.9 Å². The Kier molecular flexibility index (Phi) is 2.38. The molecule has 0 aliphatic rings. The molecule has 0 aliphatic carbocycles. The molecule has 1 aromatic heterocycles. The number of nitrogens with zero attached hydrogens (tertiary/aromatic N) is 2. The van der Waals surface area contributed by atoms with Gasteiger partial charge in [-0.05, 0) is 32.0 Å². The van der Waals surface area contributed by atoms with Gasteiger partial charge in [0, 0.05) is 5.69 Å². The number of hydrogen-bond donors (Lipinski definition) is 1. The minimum Gasteiger partial charge on any atom is -0.397 e. The number of rotatable bonds is 1. The van der Waals surface area contributed by atoms with Crippen LogP contribution < -0.4 is 5.73 Å². The molecule has 0 saturated heterocycles. The Morgan fingerprint density at radius 3 is 2.50 bits per heavy atom. The average molecular weight is 223 g/mol. The number of nitrogens with two attached hydrogens (primary N) is 1. The quantitative estimate of drug-likeness (QED) is 0.754. The second kappa shape index (κ2) is 3.59. The van der Waals surface area contributed by atoms with Crippen LogP contribution in [0.1, 0.15) is 11.4 Å². The summed E-state index contributed by atoms with van der Waals surface area (Å²) in [6.07, 6.45) is 0. The number of benzene rings is 1. The van der Waals surface area contributed by atoms with Crippen LogP contribution in [0.3, 0.4) is 0 Å². The van der Waals surface area contributed by atoms with Gasteiger partial charge < -0.3 is 5.73 Å². The summed E-state index contributed by atoms with van der Waals surface area (Å²) in [5.74, 6) is -1.91. The van der Waals surface area contributed by atoms with Gasteiger partial charge in [-0.1, -0.05) is 0 Å². The van der Waals surface area contributed by atoms with E-state index in [1.807, 2.05) is 0 Å². The molecule has 2 N–H and O–H groups in total. The minimum absolute atomic E-state index is 0.0365. The van der Waals surface area contributed by atoms with E-state index in [2.05, 4.69) is 5.10 Å². The third-order valence-electron chi connectivity index (χ3n) is 2.32. The monoisotopic (exact) mass is 223 g/mol. The third-order valence-corrected chi connectivity index (χ3v) is 2.32. The van der Waals surface area contributed by atoms with Crippen molar-refractivity contribution < 1.29 is 8.78 Å². The van der Waals surface area contributed by atoms with Gasteiger partial charge in [0.25, 0.3) is 0 Å². The Labute approximate surface area is 91.5 Å². The number of hydrogen-bond acceptors (Lipinski definition) is 2. The zero-order valence-corrected chi connectivity index (χ0v) is 8.96. The van der Waals surface area contributed by atoms with Crippen molar-refractivity contribution in [3.63, 3.8) is 0 Å². The molecule has 0 amide bonds. The first-order valence-electron chi connectivity index (χ1n) is 4.78. The standard InChI is InChI=1S/C11H11F2N3/c1-6-5-7(2)16(15-6)11-9(14)4-3-8(12)10(11)13/h3-5H,14H2,1-2H3. The molecule has 0 unspecified atom stereocenters. The molecule has 3 nitrogen and oxygen atoms in total. The van der Waals surface area contributed by atoms with Gasteiger partial charge in [0.1, 0.15) is 5.69 Å². The van der Waals surface area contributed by atoms with Crippen LogP contribution >= 0.6 is 0 Å². The second-order valence-corrected chi connectivity index (χ2v) is 3.64. The van der Waals surface area contributed by atoms with Gasteiger partial charge in [0.15, 0.2) is 11.6 Å². The Morgan fingerprint density at radius 2 is 1.94 bits per heavy atom. The van der Waals surface area contributed by atoms with E-state index in [0.717, 1.165) is 11.8 Å². The molecule has 2 rings (SSSR count). The highest BCUT2D eigenvalue weighted by atomic mass is 19.2. The van der Waals surface area contributed by atoms with Gasteiger partial charge in [-0.15, -0.1) is 0 Å². The topological polar surface area (TPSA) is 43.8 Å². The second-order valence-electron chi connectivity index (χ2n) is 3.64. The Hall–Kier alpha value is -1.91. The predicted octanol–water partition coefficient (Wildman–Crippen LogP) is 2.35. The fraction of sp³-hybridized carbons (Fsp3) is 0.182. The molecule has 0 atom stereocenters. The predicted molar refractivity (Wildman–Crippen MR) is 57.4 cm³/mol. The molecule has 0 fully saturated rings. The fourth-order valence-electron chi connectivity index (χ4n) is 1.63. The van der Waals surface area contributed by atoms with Crippen LogP contribution in [0.25, 0.3) is 5.69 Å².